The number of rotatable bonds is 1. The summed E-state index contributed by atoms with van der Waals surface area (Å²) in [6.45, 7) is 5.03. The van der Waals surface area contributed by atoms with Crippen molar-refractivity contribution in [2.24, 2.45) is 0 Å². The highest BCUT2D eigenvalue weighted by atomic mass is 16.6. The molecule has 0 saturated carbocycles. The fourth-order valence-electron chi connectivity index (χ4n) is 1.10. The molecule has 0 unspecified atom stereocenters. The molecule has 1 rings (SSSR count). The Morgan fingerprint density at radius 2 is 1.71 bits per heavy atom. The minimum Gasteiger partial charge on any atom is -0.506 e. The van der Waals surface area contributed by atoms with E-state index in [-0.39, 0.29) is 11.4 Å². The summed E-state index contributed by atoms with van der Waals surface area (Å²) in [4.78, 5) is 11.4. The maximum Gasteiger partial charge on any atom is 0.412 e. The SMILES string of the molecule is CC(C)(C)OC(=O)Nc1c(O)ccc(O)c1O. The van der Waals surface area contributed by atoms with Gasteiger partial charge in [-0.3, -0.25) is 5.32 Å². The van der Waals surface area contributed by atoms with Crippen molar-refractivity contribution in [3.05, 3.63) is 12.1 Å². The van der Waals surface area contributed by atoms with Crippen LogP contribution < -0.4 is 5.32 Å². The van der Waals surface area contributed by atoms with E-state index in [1.54, 1.807) is 20.8 Å². The first-order chi connectivity index (χ1) is 7.70. The average Bonchev–Trinajstić information content (AvgIpc) is 2.16. The fraction of sp³-hybridized carbons (Fsp3) is 0.364. The number of nitrogens with one attached hydrogen (secondary N) is 1. The van der Waals surface area contributed by atoms with Crippen LogP contribution in [0.4, 0.5) is 10.5 Å². The first-order valence-corrected chi connectivity index (χ1v) is 4.94. The lowest BCUT2D eigenvalue weighted by Gasteiger charge is -2.20. The zero-order chi connectivity index (χ0) is 13.2. The van der Waals surface area contributed by atoms with Gasteiger partial charge in [0.05, 0.1) is 0 Å². The van der Waals surface area contributed by atoms with Crippen molar-refractivity contribution in [2.45, 2.75) is 26.4 Å². The van der Waals surface area contributed by atoms with E-state index in [1.807, 2.05) is 0 Å². The second-order valence-electron chi connectivity index (χ2n) is 4.45. The van der Waals surface area contributed by atoms with Crippen LogP contribution in [0.5, 0.6) is 17.2 Å². The molecule has 0 aliphatic carbocycles. The number of carbonyl (C=O) groups is 1. The predicted octanol–water partition coefficient (Wildman–Crippen LogP) is 2.15. The molecular formula is C11H15NO5. The van der Waals surface area contributed by atoms with E-state index >= 15 is 0 Å². The van der Waals surface area contributed by atoms with Crippen molar-refractivity contribution in [1.82, 2.24) is 0 Å². The number of hydrogen-bond donors (Lipinski definition) is 4. The van der Waals surface area contributed by atoms with E-state index in [2.05, 4.69) is 5.32 Å². The van der Waals surface area contributed by atoms with Gasteiger partial charge < -0.3 is 20.1 Å². The summed E-state index contributed by atoms with van der Waals surface area (Å²) in [5, 5.41) is 30.2. The fourth-order valence-corrected chi connectivity index (χ4v) is 1.10. The number of ether oxygens (including phenoxy) is 1. The highest BCUT2D eigenvalue weighted by molar-refractivity contribution is 5.90. The molecule has 6 heteroatoms. The van der Waals surface area contributed by atoms with E-state index in [9.17, 15) is 20.1 Å². The van der Waals surface area contributed by atoms with Crippen molar-refractivity contribution < 1.29 is 24.9 Å². The lowest BCUT2D eigenvalue weighted by Crippen LogP contribution is -2.27. The molecule has 4 N–H and O–H groups in total. The first-order valence-electron chi connectivity index (χ1n) is 4.94. The molecule has 0 atom stereocenters. The predicted molar refractivity (Wildman–Crippen MR) is 61.3 cm³/mol. The van der Waals surface area contributed by atoms with Gasteiger partial charge in [0.2, 0.25) is 0 Å². The van der Waals surface area contributed by atoms with Gasteiger partial charge in [-0.1, -0.05) is 0 Å². The molecule has 6 nitrogen and oxygen atoms in total. The molecule has 0 saturated heterocycles. The van der Waals surface area contributed by atoms with Crippen LogP contribution in [0.15, 0.2) is 12.1 Å². The smallest absolute Gasteiger partial charge is 0.412 e. The number of anilines is 1. The molecule has 0 fully saturated rings. The van der Waals surface area contributed by atoms with E-state index in [1.165, 1.54) is 0 Å². The van der Waals surface area contributed by atoms with Crippen molar-refractivity contribution in [2.75, 3.05) is 5.32 Å². The Hall–Kier alpha value is -2.11. The summed E-state index contributed by atoms with van der Waals surface area (Å²) in [6, 6.07) is 2.24. The third-order valence-electron chi connectivity index (χ3n) is 1.76. The average molecular weight is 241 g/mol. The number of phenols is 3. The summed E-state index contributed by atoms with van der Waals surface area (Å²) >= 11 is 0. The quantitative estimate of drug-likeness (QED) is 0.446. The van der Waals surface area contributed by atoms with E-state index in [4.69, 9.17) is 4.74 Å². The van der Waals surface area contributed by atoms with Gasteiger partial charge in [-0.05, 0) is 32.9 Å². The number of benzene rings is 1. The molecule has 0 radical (unpaired) electrons. The molecule has 1 amide bonds. The molecule has 0 aliphatic rings. The van der Waals surface area contributed by atoms with Gasteiger partial charge in [-0.15, -0.1) is 0 Å². The van der Waals surface area contributed by atoms with Crippen molar-refractivity contribution in [3.63, 3.8) is 0 Å². The van der Waals surface area contributed by atoms with Crippen LogP contribution in [0, 0.1) is 0 Å². The molecule has 1 aromatic rings. The molecule has 0 aliphatic heterocycles. The normalized spacial score (nSPS) is 11.0. The Morgan fingerprint density at radius 1 is 1.18 bits per heavy atom. The van der Waals surface area contributed by atoms with Gasteiger partial charge in [0.15, 0.2) is 11.5 Å². The third kappa shape index (κ3) is 3.44. The zero-order valence-corrected chi connectivity index (χ0v) is 9.81. The monoisotopic (exact) mass is 241 g/mol. The summed E-state index contributed by atoms with van der Waals surface area (Å²) in [7, 11) is 0. The van der Waals surface area contributed by atoms with Crippen molar-refractivity contribution >= 4 is 11.8 Å². The van der Waals surface area contributed by atoms with Crippen LogP contribution in [0.2, 0.25) is 0 Å². The Kier molecular flexibility index (Phi) is 3.36. The van der Waals surface area contributed by atoms with Crippen LogP contribution in [-0.2, 0) is 4.74 Å². The molecular weight excluding hydrogens is 226 g/mol. The molecule has 17 heavy (non-hydrogen) atoms. The third-order valence-corrected chi connectivity index (χ3v) is 1.76. The van der Waals surface area contributed by atoms with Gasteiger partial charge in [-0.2, -0.15) is 0 Å². The summed E-state index contributed by atoms with van der Waals surface area (Å²) in [6.07, 6.45) is -0.839. The largest absolute Gasteiger partial charge is 0.506 e. The maximum absolute atomic E-state index is 11.4. The number of hydrogen-bond acceptors (Lipinski definition) is 5. The number of carbonyl (C=O) groups excluding carboxylic acids is 1. The lowest BCUT2D eigenvalue weighted by molar-refractivity contribution is 0.0634. The number of aromatic hydroxyl groups is 3. The standard InChI is InChI=1S/C11H15NO5/c1-11(2,3)17-10(16)12-8-6(13)4-5-7(14)9(8)15/h4-5,13-15H,1-3H3,(H,12,16). The second-order valence-corrected chi connectivity index (χ2v) is 4.45. The highest BCUT2D eigenvalue weighted by Gasteiger charge is 2.20. The molecule has 0 bridgehead atoms. The lowest BCUT2D eigenvalue weighted by atomic mass is 10.2. The van der Waals surface area contributed by atoms with Crippen molar-refractivity contribution in [3.8, 4) is 17.2 Å². The second kappa shape index (κ2) is 4.40. The van der Waals surface area contributed by atoms with Crippen LogP contribution in [0.1, 0.15) is 20.8 Å². The van der Waals surface area contributed by atoms with Gasteiger partial charge >= 0.3 is 6.09 Å². The van der Waals surface area contributed by atoms with Crippen LogP contribution in [-0.4, -0.2) is 27.0 Å². The Morgan fingerprint density at radius 3 is 2.24 bits per heavy atom. The van der Waals surface area contributed by atoms with Crippen molar-refractivity contribution in [1.29, 1.82) is 0 Å². The maximum atomic E-state index is 11.4. The minimum atomic E-state index is -0.839. The molecule has 94 valence electrons. The molecule has 0 aromatic heterocycles. The molecule has 0 heterocycles. The summed E-state index contributed by atoms with van der Waals surface area (Å²) < 4.78 is 4.94. The van der Waals surface area contributed by atoms with Gasteiger partial charge in [0, 0.05) is 0 Å². The highest BCUT2D eigenvalue weighted by Crippen LogP contribution is 2.39. The Labute approximate surface area is 98.5 Å². The van der Waals surface area contributed by atoms with Crippen LogP contribution in [0.3, 0.4) is 0 Å². The van der Waals surface area contributed by atoms with E-state index < -0.39 is 23.2 Å². The Balaban J connectivity index is 2.89. The first kappa shape index (κ1) is 13.0. The van der Waals surface area contributed by atoms with Crippen LogP contribution >= 0.6 is 0 Å². The van der Waals surface area contributed by atoms with Crippen LogP contribution in [0.25, 0.3) is 0 Å². The number of amides is 1. The minimum absolute atomic E-state index is 0.292. The molecule has 0 spiro atoms. The summed E-state index contributed by atoms with van der Waals surface area (Å²) in [5.74, 6) is -1.43. The van der Waals surface area contributed by atoms with Gasteiger partial charge in [-0.25, -0.2) is 4.79 Å². The molecule has 1 aromatic carbocycles. The number of phenolic OH excluding ortho intramolecular Hbond substituents is 3. The summed E-state index contributed by atoms with van der Waals surface area (Å²) in [5.41, 5.74) is -0.995. The van der Waals surface area contributed by atoms with E-state index in [0.29, 0.717) is 0 Å². The van der Waals surface area contributed by atoms with Gasteiger partial charge in [0.25, 0.3) is 0 Å². The topological polar surface area (TPSA) is 99.0 Å². The Bertz CT molecular complexity index is 436. The van der Waals surface area contributed by atoms with E-state index in [0.717, 1.165) is 12.1 Å². The van der Waals surface area contributed by atoms with Gasteiger partial charge in [0.1, 0.15) is 17.0 Å². The zero-order valence-electron chi connectivity index (χ0n) is 9.81.